The van der Waals surface area contributed by atoms with Crippen LogP contribution >= 0.6 is 35.0 Å². The molecule has 1 aromatic rings. The highest BCUT2D eigenvalue weighted by Gasteiger charge is 2.07. The summed E-state index contributed by atoms with van der Waals surface area (Å²) in [6.07, 6.45) is -0.684. The molecule has 84 valence electrons. The van der Waals surface area contributed by atoms with Gasteiger partial charge in [-0.05, 0) is 17.7 Å². The van der Waals surface area contributed by atoms with Gasteiger partial charge >= 0.3 is 0 Å². The highest BCUT2D eigenvalue weighted by molar-refractivity contribution is 7.98. The van der Waals surface area contributed by atoms with Gasteiger partial charge in [0.25, 0.3) is 0 Å². The van der Waals surface area contributed by atoms with E-state index < -0.39 is 6.10 Å². The van der Waals surface area contributed by atoms with Crippen molar-refractivity contribution in [3.8, 4) is 0 Å². The molecule has 0 amide bonds. The highest BCUT2D eigenvalue weighted by atomic mass is 35.5. The van der Waals surface area contributed by atoms with Crippen molar-refractivity contribution >= 4 is 35.0 Å². The number of hydrogen-bond acceptors (Lipinski definition) is 3. The third-order valence-corrected chi connectivity index (χ3v) is 3.65. The van der Waals surface area contributed by atoms with E-state index in [4.69, 9.17) is 33.4 Å². The molecule has 1 unspecified atom stereocenters. The molecular weight excluding hydrogens is 255 g/mol. The molecule has 1 aromatic carbocycles. The minimum atomic E-state index is -0.684. The maximum atomic E-state index is 9.14. The van der Waals surface area contributed by atoms with Gasteiger partial charge in [0.15, 0.2) is 0 Å². The van der Waals surface area contributed by atoms with Crippen molar-refractivity contribution in [1.29, 1.82) is 0 Å². The largest absolute Gasteiger partial charge is 0.394 e. The van der Waals surface area contributed by atoms with Crippen LogP contribution in [0, 0.1) is 0 Å². The summed E-state index contributed by atoms with van der Waals surface area (Å²) in [6.45, 7) is -0.219. The van der Waals surface area contributed by atoms with E-state index in [1.807, 2.05) is 0 Å². The summed E-state index contributed by atoms with van der Waals surface area (Å²) in [5.41, 5.74) is 0.871. The normalized spacial score (nSPS) is 12.8. The molecule has 2 N–H and O–H groups in total. The molecule has 0 heterocycles. The molecular formula is C10H12Cl2O2S. The van der Waals surface area contributed by atoms with Crippen molar-refractivity contribution in [1.82, 2.24) is 0 Å². The summed E-state index contributed by atoms with van der Waals surface area (Å²) in [6, 6.07) is 5.36. The van der Waals surface area contributed by atoms with Crippen LogP contribution in [-0.2, 0) is 5.75 Å². The molecule has 0 aromatic heterocycles. The van der Waals surface area contributed by atoms with E-state index >= 15 is 0 Å². The number of halogens is 2. The monoisotopic (exact) mass is 266 g/mol. The van der Waals surface area contributed by atoms with Crippen molar-refractivity contribution in [3.05, 3.63) is 33.8 Å². The van der Waals surface area contributed by atoms with Gasteiger partial charge in [0.05, 0.1) is 12.7 Å². The molecule has 5 heteroatoms. The van der Waals surface area contributed by atoms with E-state index in [0.29, 0.717) is 21.6 Å². The first-order valence-corrected chi connectivity index (χ1v) is 6.35. The smallest absolute Gasteiger partial charge is 0.0861 e. The van der Waals surface area contributed by atoms with E-state index in [-0.39, 0.29) is 6.61 Å². The van der Waals surface area contributed by atoms with Gasteiger partial charge in [-0.1, -0.05) is 29.3 Å². The van der Waals surface area contributed by atoms with Crippen LogP contribution in [0.2, 0.25) is 10.0 Å². The third kappa shape index (κ3) is 4.21. The number of benzene rings is 1. The topological polar surface area (TPSA) is 40.5 Å². The highest BCUT2D eigenvalue weighted by Crippen LogP contribution is 2.28. The molecule has 0 saturated carbocycles. The van der Waals surface area contributed by atoms with Gasteiger partial charge in [-0.3, -0.25) is 0 Å². The fourth-order valence-electron chi connectivity index (χ4n) is 1.02. The van der Waals surface area contributed by atoms with Crippen LogP contribution in [0.15, 0.2) is 18.2 Å². The average molecular weight is 267 g/mol. The van der Waals surface area contributed by atoms with Crippen LogP contribution in [0.5, 0.6) is 0 Å². The molecule has 0 radical (unpaired) electrons. The van der Waals surface area contributed by atoms with E-state index in [0.717, 1.165) is 5.56 Å². The third-order valence-electron chi connectivity index (χ3n) is 1.83. The summed E-state index contributed by atoms with van der Waals surface area (Å²) in [4.78, 5) is 0. The first kappa shape index (κ1) is 13.1. The molecule has 2 nitrogen and oxygen atoms in total. The Hall–Kier alpha value is 0.0700. The zero-order chi connectivity index (χ0) is 11.3. The van der Waals surface area contributed by atoms with Gasteiger partial charge < -0.3 is 10.2 Å². The van der Waals surface area contributed by atoms with Gasteiger partial charge in [-0.15, -0.1) is 0 Å². The molecule has 0 aliphatic heterocycles. The van der Waals surface area contributed by atoms with Crippen molar-refractivity contribution in [2.75, 3.05) is 12.4 Å². The molecule has 0 aliphatic rings. The maximum absolute atomic E-state index is 9.14. The Morgan fingerprint density at radius 2 is 1.87 bits per heavy atom. The average Bonchev–Trinajstić information content (AvgIpc) is 2.22. The fourth-order valence-corrected chi connectivity index (χ4v) is 2.72. The fraction of sp³-hybridized carbons (Fsp3) is 0.400. The maximum Gasteiger partial charge on any atom is 0.0861 e. The molecule has 0 aliphatic carbocycles. The summed E-state index contributed by atoms with van der Waals surface area (Å²) in [5.74, 6) is 1.10. The van der Waals surface area contributed by atoms with Crippen LogP contribution in [0.25, 0.3) is 0 Å². The second-order valence-corrected chi connectivity index (χ2v) is 4.90. The number of aliphatic hydroxyl groups is 2. The summed E-state index contributed by atoms with van der Waals surface area (Å²) >= 11 is 13.4. The molecule has 15 heavy (non-hydrogen) atoms. The molecule has 0 saturated heterocycles. The number of aliphatic hydroxyl groups excluding tert-OH is 2. The van der Waals surface area contributed by atoms with E-state index in [9.17, 15) is 0 Å². The van der Waals surface area contributed by atoms with Crippen LogP contribution < -0.4 is 0 Å². The molecule has 0 fully saturated rings. The van der Waals surface area contributed by atoms with E-state index in [1.54, 1.807) is 18.2 Å². The minimum Gasteiger partial charge on any atom is -0.394 e. The Kier molecular flexibility index (Phi) is 5.79. The van der Waals surface area contributed by atoms with Gasteiger partial charge in [0.2, 0.25) is 0 Å². The van der Waals surface area contributed by atoms with Crippen molar-refractivity contribution in [2.45, 2.75) is 11.9 Å². The predicted octanol–water partition coefficient (Wildman–Crippen LogP) is 2.58. The first-order valence-electron chi connectivity index (χ1n) is 4.44. The second-order valence-electron chi connectivity index (χ2n) is 3.05. The summed E-state index contributed by atoms with van der Waals surface area (Å²) in [5, 5.41) is 19.0. The number of rotatable bonds is 5. The molecule has 0 spiro atoms. The van der Waals surface area contributed by atoms with Gasteiger partial charge in [0, 0.05) is 21.6 Å². The zero-order valence-corrected chi connectivity index (χ0v) is 10.3. The Morgan fingerprint density at radius 3 is 2.40 bits per heavy atom. The Bertz CT molecular complexity index is 300. The van der Waals surface area contributed by atoms with Crippen molar-refractivity contribution < 1.29 is 10.2 Å². The lowest BCUT2D eigenvalue weighted by molar-refractivity contribution is 0.113. The molecule has 0 bridgehead atoms. The predicted molar refractivity (Wildman–Crippen MR) is 65.7 cm³/mol. The van der Waals surface area contributed by atoms with Gasteiger partial charge in [0.1, 0.15) is 0 Å². The van der Waals surface area contributed by atoms with Crippen LogP contribution in [0.1, 0.15) is 5.56 Å². The minimum absolute atomic E-state index is 0.219. The lowest BCUT2D eigenvalue weighted by Crippen LogP contribution is -2.14. The summed E-state index contributed by atoms with van der Waals surface area (Å²) < 4.78 is 0. The number of hydrogen-bond donors (Lipinski definition) is 2. The number of thioether (sulfide) groups is 1. The van der Waals surface area contributed by atoms with Crippen LogP contribution in [0.4, 0.5) is 0 Å². The zero-order valence-electron chi connectivity index (χ0n) is 7.99. The lowest BCUT2D eigenvalue weighted by Gasteiger charge is -2.08. The molecule has 1 rings (SSSR count). The van der Waals surface area contributed by atoms with E-state index in [2.05, 4.69) is 0 Å². The quantitative estimate of drug-likeness (QED) is 0.861. The Morgan fingerprint density at radius 1 is 1.27 bits per heavy atom. The Labute approximate surface area is 103 Å². The van der Waals surface area contributed by atoms with Gasteiger partial charge in [-0.2, -0.15) is 11.8 Å². The van der Waals surface area contributed by atoms with Crippen LogP contribution in [-0.4, -0.2) is 28.7 Å². The molecule has 1 atom stereocenters. The van der Waals surface area contributed by atoms with E-state index in [1.165, 1.54) is 11.8 Å². The lowest BCUT2D eigenvalue weighted by atomic mass is 10.2. The van der Waals surface area contributed by atoms with Crippen molar-refractivity contribution in [3.63, 3.8) is 0 Å². The van der Waals surface area contributed by atoms with Crippen molar-refractivity contribution in [2.24, 2.45) is 0 Å². The standard InChI is InChI=1S/C10H12Cl2O2S/c11-9-2-1-3-10(12)8(9)6-15-5-7(14)4-13/h1-3,7,13-14H,4-6H2. The van der Waals surface area contributed by atoms with Crippen LogP contribution in [0.3, 0.4) is 0 Å². The Balaban J connectivity index is 2.50. The SMILES string of the molecule is OCC(O)CSCc1c(Cl)cccc1Cl. The first-order chi connectivity index (χ1) is 7.15. The second kappa shape index (κ2) is 6.61. The van der Waals surface area contributed by atoms with Gasteiger partial charge in [-0.25, -0.2) is 0 Å². The summed E-state index contributed by atoms with van der Waals surface area (Å²) in [7, 11) is 0.